The Hall–Kier alpha value is -3.40. The Labute approximate surface area is 226 Å². The molecule has 0 saturated carbocycles. The SMILES string of the molecule is C[C@@H](CN)CO.C[C@H](CO)CCc1ccc2c(C#N)nccc2c1.N#Cc1nccc2cc(Br)ccc12. The van der Waals surface area contributed by atoms with Crippen LogP contribution >= 0.6 is 15.9 Å². The van der Waals surface area contributed by atoms with Gasteiger partial charge in [0.1, 0.15) is 23.5 Å². The molecule has 2 heterocycles. The van der Waals surface area contributed by atoms with Crippen LogP contribution in [0.3, 0.4) is 0 Å². The van der Waals surface area contributed by atoms with Crippen molar-refractivity contribution < 1.29 is 10.2 Å². The van der Waals surface area contributed by atoms with Gasteiger partial charge in [-0.05, 0) is 71.8 Å². The minimum absolute atomic E-state index is 0.205. The van der Waals surface area contributed by atoms with E-state index in [1.54, 1.807) is 12.4 Å². The summed E-state index contributed by atoms with van der Waals surface area (Å²) in [5.41, 5.74) is 7.31. The van der Waals surface area contributed by atoms with Gasteiger partial charge < -0.3 is 15.9 Å². The van der Waals surface area contributed by atoms with Crippen LogP contribution in [0.2, 0.25) is 0 Å². The molecule has 0 unspecified atom stereocenters. The third-order valence-corrected chi connectivity index (χ3v) is 6.21. The molecule has 4 aromatic rings. The minimum Gasteiger partial charge on any atom is -0.396 e. The molecule has 0 amide bonds. The van der Waals surface area contributed by atoms with Gasteiger partial charge in [0.05, 0.1) is 0 Å². The van der Waals surface area contributed by atoms with E-state index >= 15 is 0 Å². The largest absolute Gasteiger partial charge is 0.396 e. The van der Waals surface area contributed by atoms with Crippen LogP contribution in [0.5, 0.6) is 0 Å². The number of benzene rings is 2. The number of fused-ring (bicyclic) bond motifs is 2. The fourth-order valence-electron chi connectivity index (χ4n) is 3.29. The number of aliphatic hydroxyl groups is 2. The summed E-state index contributed by atoms with van der Waals surface area (Å²) in [6.07, 6.45) is 5.23. The summed E-state index contributed by atoms with van der Waals surface area (Å²) >= 11 is 3.38. The molecule has 2 atom stereocenters. The first-order valence-corrected chi connectivity index (χ1v) is 12.8. The van der Waals surface area contributed by atoms with Crippen LogP contribution in [0.1, 0.15) is 37.2 Å². The van der Waals surface area contributed by atoms with Crippen molar-refractivity contribution in [3.05, 3.63) is 82.3 Å². The van der Waals surface area contributed by atoms with E-state index in [0.717, 1.165) is 38.9 Å². The van der Waals surface area contributed by atoms with Gasteiger partial charge in [-0.2, -0.15) is 10.5 Å². The molecular formula is C29H32BrN5O2. The van der Waals surface area contributed by atoms with Gasteiger partial charge >= 0.3 is 0 Å². The highest BCUT2D eigenvalue weighted by molar-refractivity contribution is 9.10. The number of aliphatic hydroxyl groups excluding tert-OH is 2. The highest BCUT2D eigenvalue weighted by Crippen LogP contribution is 2.21. The lowest BCUT2D eigenvalue weighted by Crippen LogP contribution is -2.13. The monoisotopic (exact) mass is 561 g/mol. The predicted molar refractivity (Wildman–Crippen MR) is 150 cm³/mol. The molecule has 0 radical (unpaired) electrons. The zero-order chi connectivity index (χ0) is 27.2. The van der Waals surface area contributed by atoms with Gasteiger partial charge in [-0.3, -0.25) is 0 Å². The van der Waals surface area contributed by atoms with Gasteiger partial charge in [-0.15, -0.1) is 0 Å². The topological polar surface area (TPSA) is 140 Å². The first-order chi connectivity index (χ1) is 17.9. The van der Waals surface area contributed by atoms with E-state index in [-0.39, 0.29) is 19.1 Å². The lowest BCUT2D eigenvalue weighted by Gasteiger charge is -2.08. The molecule has 0 saturated heterocycles. The second-order valence-electron chi connectivity index (χ2n) is 8.81. The second-order valence-corrected chi connectivity index (χ2v) is 9.73. The molecule has 0 spiro atoms. The van der Waals surface area contributed by atoms with E-state index in [1.165, 1.54) is 5.56 Å². The van der Waals surface area contributed by atoms with Crippen LogP contribution in [0.25, 0.3) is 21.5 Å². The van der Waals surface area contributed by atoms with Crippen LogP contribution < -0.4 is 5.73 Å². The molecule has 4 N–H and O–H groups in total. The molecule has 192 valence electrons. The number of nitrogens with two attached hydrogens (primary N) is 1. The number of pyridine rings is 2. The molecule has 0 aliphatic heterocycles. The summed E-state index contributed by atoms with van der Waals surface area (Å²) in [4.78, 5) is 8.03. The molecule has 0 fully saturated rings. The molecule has 37 heavy (non-hydrogen) atoms. The Morgan fingerprint density at radius 3 is 1.86 bits per heavy atom. The smallest absolute Gasteiger partial charge is 0.148 e. The Bertz CT molecular complexity index is 1380. The van der Waals surface area contributed by atoms with Crippen molar-refractivity contribution in [2.45, 2.75) is 26.7 Å². The molecule has 0 aliphatic rings. The van der Waals surface area contributed by atoms with E-state index in [0.29, 0.717) is 23.9 Å². The van der Waals surface area contributed by atoms with E-state index < -0.39 is 0 Å². The lowest BCUT2D eigenvalue weighted by atomic mass is 9.99. The van der Waals surface area contributed by atoms with E-state index in [2.05, 4.69) is 44.1 Å². The maximum absolute atomic E-state index is 9.01. The molecule has 2 aromatic heterocycles. The number of hydrogen-bond donors (Lipinski definition) is 3. The summed E-state index contributed by atoms with van der Waals surface area (Å²) in [6.45, 7) is 4.96. The van der Waals surface area contributed by atoms with E-state index in [4.69, 9.17) is 26.5 Å². The third kappa shape index (κ3) is 9.20. The fourth-order valence-corrected chi connectivity index (χ4v) is 3.67. The summed E-state index contributed by atoms with van der Waals surface area (Å²) in [6, 6.07) is 19.8. The van der Waals surface area contributed by atoms with Crippen molar-refractivity contribution in [1.82, 2.24) is 9.97 Å². The van der Waals surface area contributed by atoms with Gasteiger partial charge in [-0.25, -0.2) is 9.97 Å². The van der Waals surface area contributed by atoms with Crippen molar-refractivity contribution in [3.63, 3.8) is 0 Å². The maximum Gasteiger partial charge on any atom is 0.148 e. The zero-order valence-corrected chi connectivity index (χ0v) is 22.7. The number of aromatic nitrogens is 2. The Morgan fingerprint density at radius 1 is 0.838 bits per heavy atom. The normalized spacial score (nSPS) is 11.8. The van der Waals surface area contributed by atoms with Gasteiger partial charge in [0.15, 0.2) is 0 Å². The van der Waals surface area contributed by atoms with E-state index in [9.17, 15) is 0 Å². The number of halogens is 1. The first-order valence-electron chi connectivity index (χ1n) is 12.0. The van der Waals surface area contributed by atoms with Crippen molar-refractivity contribution in [3.8, 4) is 12.1 Å². The standard InChI is InChI=1S/C15H16N2O.C10H5BrN2.C4H11NO/c1-11(10-18)2-3-12-4-5-14-13(8-12)6-7-17-15(14)9-16;11-8-1-2-9-7(5-8)3-4-13-10(9)6-12;1-4(2-5)3-6/h4-8,11,18H,2-3,10H2,1H3;1-5H;4,6H,2-3,5H2,1H3/t11-;;4-/m0.0/s1. The molecule has 2 aromatic carbocycles. The number of rotatable bonds is 6. The quantitative estimate of drug-likeness (QED) is 0.297. The summed E-state index contributed by atoms with van der Waals surface area (Å²) in [5, 5.41) is 38.9. The Kier molecular flexibility index (Phi) is 12.6. The highest BCUT2D eigenvalue weighted by Gasteiger charge is 2.05. The molecule has 8 heteroatoms. The average molecular weight is 563 g/mol. The summed E-state index contributed by atoms with van der Waals surface area (Å²) in [7, 11) is 0. The van der Waals surface area contributed by atoms with Gasteiger partial charge in [-0.1, -0.05) is 54.0 Å². The number of aryl methyl sites for hydroxylation is 1. The highest BCUT2D eigenvalue weighted by atomic mass is 79.9. The fraction of sp³-hybridized carbons (Fsp3) is 0.310. The van der Waals surface area contributed by atoms with Crippen molar-refractivity contribution >= 4 is 37.5 Å². The van der Waals surface area contributed by atoms with E-state index in [1.807, 2.05) is 56.3 Å². The van der Waals surface area contributed by atoms with Gasteiger partial charge in [0.25, 0.3) is 0 Å². The second kappa shape index (κ2) is 15.7. The molecule has 0 bridgehead atoms. The average Bonchev–Trinajstić information content (AvgIpc) is 2.94. The van der Waals surface area contributed by atoms with Crippen LogP contribution in [-0.2, 0) is 6.42 Å². The first kappa shape index (κ1) is 29.8. The van der Waals surface area contributed by atoms with Crippen LogP contribution in [-0.4, -0.2) is 39.9 Å². The minimum atomic E-state index is 0.205. The van der Waals surface area contributed by atoms with Gasteiger partial charge in [0.2, 0.25) is 0 Å². The number of hydrogen-bond acceptors (Lipinski definition) is 7. The van der Waals surface area contributed by atoms with Gasteiger partial charge in [0, 0.05) is 40.9 Å². The van der Waals surface area contributed by atoms with Crippen molar-refractivity contribution in [2.75, 3.05) is 19.8 Å². The lowest BCUT2D eigenvalue weighted by molar-refractivity contribution is 0.230. The maximum atomic E-state index is 9.01. The Morgan fingerprint density at radius 2 is 1.38 bits per heavy atom. The molecule has 4 rings (SSSR count). The molecule has 0 aliphatic carbocycles. The zero-order valence-electron chi connectivity index (χ0n) is 21.1. The number of nitriles is 2. The van der Waals surface area contributed by atoms with Crippen LogP contribution in [0.4, 0.5) is 0 Å². The van der Waals surface area contributed by atoms with Crippen molar-refractivity contribution in [1.29, 1.82) is 10.5 Å². The summed E-state index contributed by atoms with van der Waals surface area (Å²) in [5.74, 6) is 0.595. The van der Waals surface area contributed by atoms with Crippen molar-refractivity contribution in [2.24, 2.45) is 17.6 Å². The number of nitrogens with zero attached hydrogens (tertiary/aromatic N) is 4. The third-order valence-electron chi connectivity index (χ3n) is 5.72. The summed E-state index contributed by atoms with van der Waals surface area (Å²) < 4.78 is 1.01. The van der Waals surface area contributed by atoms with Crippen LogP contribution in [0, 0.1) is 34.5 Å². The Balaban J connectivity index is 0.000000221. The molecule has 7 nitrogen and oxygen atoms in total. The predicted octanol–water partition coefficient (Wildman–Crippen LogP) is 5.11. The molecular weight excluding hydrogens is 530 g/mol. The van der Waals surface area contributed by atoms with Crippen LogP contribution in [0.15, 0.2) is 65.4 Å².